The number of piperidine rings is 1. The van der Waals surface area contributed by atoms with Crippen molar-refractivity contribution in [1.82, 2.24) is 9.88 Å². The lowest BCUT2D eigenvalue weighted by Crippen LogP contribution is -2.50. The predicted octanol–water partition coefficient (Wildman–Crippen LogP) is 5.67. The SMILES string of the molecule is N#Cc1ccc(-c2cc(C(=O)N3[C@@H]4CC[C@H]3C[C@@H](N)C4)ccc2-c2ccc3ccncc3c2)cc1F. The van der Waals surface area contributed by atoms with Crippen LogP contribution in [0.1, 0.15) is 41.6 Å². The molecule has 1 aromatic heterocycles. The van der Waals surface area contributed by atoms with Crippen LogP contribution in [0, 0.1) is 17.1 Å². The largest absolute Gasteiger partial charge is 0.333 e. The van der Waals surface area contributed by atoms with Gasteiger partial charge in [0.25, 0.3) is 5.91 Å². The molecule has 2 bridgehead atoms. The standard InChI is InChI=1S/C30H25FN4O/c31-29-13-20(3-4-22(29)16-32)28-12-21(30(36)35-25-6-7-26(35)15-24(33)14-25)5-8-27(28)19-2-1-18-9-10-34-17-23(18)11-19/h1-5,8-13,17,24-26H,6-7,14-15,33H2/t24-,25+,26-. The Morgan fingerprint density at radius 2 is 1.69 bits per heavy atom. The fourth-order valence-corrected chi connectivity index (χ4v) is 5.89. The Morgan fingerprint density at radius 3 is 2.44 bits per heavy atom. The lowest BCUT2D eigenvalue weighted by atomic mass is 9.90. The Labute approximate surface area is 209 Å². The van der Waals surface area contributed by atoms with E-state index in [9.17, 15) is 14.4 Å². The lowest BCUT2D eigenvalue weighted by molar-refractivity contribution is 0.0575. The van der Waals surface area contributed by atoms with Gasteiger partial charge in [0, 0.05) is 41.5 Å². The molecular formula is C30H25FN4O. The van der Waals surface area contributed by atoms with Crippen molar-refractivity contribution in [2.75, 3.05) is 0 Å². The number of amides is 1. The third kappa shape index (κ3) is 3.82. The summed E-state index contributed by atoms with van der Waals surface area (Å²) < 4.78 is 14.7. The van der Waals surface area contributed by atoms with Crippen molar-refractivity contribution in [3.8, 4) is 28.3 Å². The molecule has 0 spiro atoms. The second-order valence-electron chi connectivity index (χ2n) is 9.83. The van der Waals surface area contributed by atoms with E-state index in [1.165, 1.54) is 12.1 Å². The van der Waals surface area contributed by atoms with E-state index >= 15 is 0 Å². The van der Waals surface area contributed by atoms with Crippen molar-refractivity contribution >= 4 is 16.7 Å². The number of fused-ring (bicyclic) bond motifs is 3. The Balaban J connectivity index is 1.47. The first-order chi connectivity index (χ1) is 17.5. The van der Waals surface area contributed by atoms with E-state index in [-0.39, 0.29) is 29.6 Å². The Hall–Kier alpha value is -4.08. The highest BCUT2D eigenvalue weighted by Crippen LogP contribution is 2.39. The molecule has 2 aliphatic rings. The minimum absolute atomic E-state index is 0.000900. The van der Waals surface area contributed by atoms with E-state index in [0.29, 0.717) is 11.1 Å². The summed E-state index contributed by atoms with van der Waals surface area (Å²) in [4.78, 5) is 20.0. The van der Waals surface area contributed by atoms with Crippen molar-refractivity contribution in [2.45, 2.75) is 43.8 Å². The summed E-state index contributed by atoms with van der Waals surface area (Å²) in [5.74, 6) is -0.581. The van der Waals surface area contributed by atoms with Gasteiger partial charge in [-0.2, -0.15) is 5.26 Å². The molecule has 2 fully saturated rings. The van der Waals surface area contributed by atoms with Crippen LogP contribution in [0.15, 0.2) is 73.1 Å². The number of hydrogen-bond acceptors (Lipinski definition) is 4. The Morgan fingerprint density at radius 1 is 0.944 bits per heavy atom. The Bertz CT molecular complexity index is 1530. The van der Waals surface area contributed by atoms with Gasteiger partial charge in [0.15, 0.2) is 0 Å². The van der Waals surface area contributed by atoms with E-state index in [0.717, 1.165) is 53.1 Å². The first-order valence-corrected chi connectivity index (χ1v) is 12.3. The van der Waals surface area contributed by atoms with Gasteiger partial charge in [-0.25, -0.2) is 4.39 Å². The summed E-state index contributed by atoms with van der Waals surface area (Å²) in [6.07, 6.45) is 7.21. The number of carbonyl (C=O) groups is 1. The second-order valence-corrected chi connectivity index (χ2v) is 9.83. The molecule has 3 atom stereocenters. The molecule has 2 aliphatic heterocycles. The van der Waals surface area contributed by atoms with Crippen LogP contribution in [0.3, 0.4) is 0 Å². The van der Waals surface area contributed by atoms with Gasteiger partial charge in [-0.3, -0.25) is 9.78 Å². The number of rotatable bonds is 3. The minimum atomic E-state index is -0.580. The third-order valence-electron chi connectivity index (χ3n) is 7.62. The molecule has 0 radical (unpaired) electrons. The number of nitriles is 1. The smallest absolute Gasteiger partial charge is 0.254 e. The van der Waals surface area contributed by atoms with E-state index < -0.39 is 5.82 Å². The van der Waals surface area contributed by atoms with Crippen molar-refractivity contribution in [1.29, 1.82) is 5.26 Å². The molecule has 3 aromatic carbocycles. The average molecular weight is 477 g/mol. The summed E-state index contributed by atoms with van der Waals surface area (Å²) in [6, 6.07) is 20.7. The quantitative estimate of drug-likeness (QED) is 0.413. The van der Waals surface area contributed by atoms with Crippen molar-refractivity contribution in [3.63, 3.8) is 0 Å². The van der Waals surface area contributed by atoms with Gasteiger partial charge in [-0.15, -0.1) is 0 Å². The molecule has 5 nitrogen and oxygen atoms in total. The Kier molecular flexibility index (Phi) is 5.50. The monoisotopic (exact) mass is 476 g/mol. The zero-order valence-electron chi connectivity index (χ0n) is 19.7. The van der Waals surface area contributed by atoms with Crippen molar-refractivity contribution < 1.29 is 9.18 Å². The number of halogens is 1. The van der Waals surface area contributed by atoms with Gasteiger partial charge in [-0.1, -0.05) is 24.3 Å². The maximum absolute atomic E-state index is 14.7. The van der Waals surface area contributed by atoms with Gasteiger partial charge in [0.2, 0.25) is 0 Å². The zero-order chi connectivity index (χ0) is 24.8. The van der Waals surface area contributed by atoms with Gasteiger partial charge >= 0.3 is 0 Å². The van der Waals surface area contributed by atoms with Crippen LogP contribution in [0.2, 0.25) is 0 Å². The van der Waals surface area contributed by atoms with Crippen LogP contribution < -0.4 is 5.73 Å². The zero-order valence-corrected chi connectivity index (χ0v) is 19.7. The van der Waals surface area contributed by atoms with Crippen molar-refractivity contribution in [2.24, 2.45) is 5.73 Å². The normalized spacial score (nSPS) is 20.9. The minimum Gasteiger partial charge on any atom is -0.333 e. The molecule has 178 valence electrons. The van der Waals surface area contributed by atoms with E-state index in [1.54, 1.807) is 12.3 Å². The van der Waals surface area contributed by atoms with E-state index in [2.05, 4.69) is 11.1 Å². The fourth-order valence-electron chi connectivity index (χ4n) is 5.89. The summed E-state index contributed by atoms with van der Waals surface area (Å²) in [7, 11) is 0. The van der Waals surface area contributed by atoms with Gasteiger partial charge < -0.3 is 10.6 Å². The first-order valence-electron chi connectivity index (χ1n) is 12.3. The van der Waals surface area contributed by atoms with E-state index in [1.807, 2.05) is 53.6 Å². The molecule has 2 N–H and O–H groups in total. The molecule has 2 saturated heterocycles. The molecule has 36 heavy (non-hydrogen) atoms. The van der Waals surface area contributed by atoms with Crippen LogP contribution >= 0.6 is 0 Å². The van der Waals surface area contributed by atoms with Crippen LogP contribution in [-0.4, -0.2) is 33.9 Å². The van der Waals surface area contributed by atoms with Crippen LogP contribution in [0.5, 0.6) is 0 Å². The number of benzene rings is 3. The highest BCUT2D eigenvalue weighted by atomic mass is 19.1. The maximum atomic E-state index is 14.7. The summed E-state index contributed by atoms with van der Waals surface area (Å²) >= 11 is 0. The van der Waals surface area contributed by atoms with Crippen LogP contribution in [0.25, 0.3) is 33.0 Å². The molecular weight excluding hydrogens is 451 g/mol. The molecule has 1 amide bonds. The summed E-state index contributed by atoms with van der Waals surface area (Å²) in [5, 5.41) is 11.3. The summed E-state index contributed by atoms with van der Waals surface area (Å²) in [6.45, 7) is 0. The predicted molar refractivity (Wildman–Crippen MR) is 137 cm³/mol. The maximum Gasteiger partial charge on any atom is 0.254 e. The van der Waals surface area contributed by atoms with Crippen molar-refractivity contribution in [3.05, 3.63) is 90.0 Å². The number of pyridine rings is 1. The molecule has 0 unspecified atom stereocenters. The molecule has 0 aliphatic carbocycles. The third-order valence-corrected chi connectivity index (χ3v) is 7.62. The average Bonchev–Trinajstić information content (AvgIpc) is 3.18. The highest BCUT2D eigenvalue weighted by molar-refractivity contribution is 5.99. The van der Waals surface area contributed by atoms with Gasteiger partial charge in [0.1, 0.15) is 11.9 Å². The molecule has 4 aromatic rings. The number of carbonyl (C=O) groups excluding carboxylic acids is 1. The molecule has 0 saturated carbocycles. The van der Waals surface area contributed by atoms with Gasteiger partial charge in [-0.05, 0) is 89.7 Å². The number of nitrogens with zero attached hydrogens (tertiary/aromatic N) is 3. The molecule has 6 rings (SSSR count). The molecule has 3 heterocycles. The van der Waals surface area contributed by atoms with Crippen LogP contribution in [-0.2, 0) is 0 Å². The number of hydrogen-bond donors (Lipinski definition) is 1. The fraction of sp³-hybridized carbons (Fsp3) is 0.233. The second kappa shape index (κ2) is 8.85. The van der Waals surface area contributed by atoms with Crippen LogP contribution in [0.4, 0.5) is 4.39 Å². The summed E-state index contributed by atoms with van der Waals surface area (Å²) in [5.41, 5.74) is 9.97. The molecule has 6 heteroatoms. The van der Waals surface area contributed by atoms with E-state index in [4.69, 9.17) is 5.73 Å². The first kappa shape index (κ1) is 22.4. The number of nitrogens with two attached hydrogens (primary N) is 1. The topological polar surface area (TPSA) is 83.0 Å². The highest BCUT2D eigenvalue weighted by Gasteiger charge is 2.42. The number of aromatic nitrogens is 1. The van der Waals surface area contributed by atoms with Gasteiger partial charge in [0.05, 0.1) is 5.56 Å². The lowest BCUT2D eigenvalue weighted by Gasteiger charge is -2.38.